The first-order valence-corrected chi connectivity index (χ1v) is 4.15. The number of rotatable bonds is 0. The van der Waals surface area contributed by atoms with Crippen molar-refractivity contribution >= 4 is 45.9 Å². The molecule has 4 heteroatoms. The molecule has 1 nitrogen and oxygen atoms in total. The van der Waals surface area contributed by atoms with Gasteiger partial charge in [0.2, 0.25) is 0 Å². The zero-order valence-corrected chi connectivity index (χ0v) is 8.58. The number of carbonyl (C=O) groups excluding carboxylic acids is 1. The van der Waals surface area contributed by atoms with E-state index in [4.69, 9.17) is 28.0 Å². The van der Waals surface area contributed by atoms with Crippen LogP contribution in [0, 0.1) is 0 Å². The first-order valence-electron chi connectivity index (χ1n) is 2.60. The van der Waals surface area contributed by atoms with Crippen molar-refractivity contribution in [1.29, 1.82) is 0 Å². The number of halogens is 3. The minimum Gasteiger partial charge on any atom is -0.307 e. The van der Waals surface area contributed by atoms with Crippen LogP contribution < -0.4 is 0 Å². The molecule has 0 aliphatic rings. The lowest BCUT2D eigenvalue weighted by Crippen LogP contribution is -1.68. The standard InChI is InChI=1S/C6H3BrCl2.CH2O/c7-6-4(8)2-1-3-5(6)9;1-2/h1-3H;1H2. The summed E-state index contributed by atoms with van der Waals surface area (Å²) >= 11 is 14.6. The molecule has 0 aromatic heterocycles. The van der Waals surface area contributed by atoms with Gasteiger partial charge in [0.25, 0.3) is 0 Å². The van der Waals surface area contributed by atoms with Gasteiger partial charge in [-0.15, -0.1) is 0 Å². The lowest BCUT2D eigenvalue weighted by atomic mass is 10.4. The van der Waals surface area contributed by atoms with E-state index < -0.39 is 0 Å². The van der Waals surface area contributed by atoms with Gasteiger partial charge >= 0.3 is 0 Å². The molecular formula is C7H5BrCl2O. The number of benzene rings is 1. The van der Waals surface area contributed by atoms with E-state index >= 15 is 0 Å². The highest BCUT2D eigenvalue weighted by atomic mass is 79.9. The number of hydrogen-bond acceptors (Lipinski definition) is 1. The second-order valence-electron chi connectivity index (χ2n) is 1.54. The van der Waals surface area contributed by atoms with E-state index in [9.17, 15) is 0 Å². The Hall–Kier alpha value is -0.0500. The second-order valence-corrected chi connectivity index (χ2v) is 3.14. The zero-order chi connectivity index (χ0) is 8.85. The Morgan fingerprint density at radius 3 is 1.82 bits per heavy atom. The van der Waals surface area contributed by atoms with Crippen molar-refractivity contribution in [2.24, 2.45) is 0 Å². The molecule has 0 unspecified atom stereocenters. The largest absolute Gasteiger partial charge is 0.307 e. The highest BCUT2D eigenvalue weighted by Gasteiger charge is 1.98. The van der Waals surface area contributed by atoms with Crippen molar-refractivity contribution < 1.29 is 4.79 Å². The van der Waals surface area contributed by atoms with Crippen LogP contribution in [0.3, 0.4) is 0 Å². The van der Waals surface area contributed by atoms with Crippen molar-refractivity contribution in [2.75, 3.05) is 0 Å². The van der Waals surface area contributed by atoms with E-state index in [1.807, 2.05) is 6.79 Å². The minimum atomic E-state index is 0.641. The summed E-state index contributed by atoms with van der Waals surface area (Å²) in [5.74, 6) is 0. The number of carbonyl (C=O) groups is 1. The molecule has 0 saturated heterocycles. The van der Waals surface area contributed by atoms with E-state index in [-0.39, 0.29) is 0 Å². The van der Waals surface area contributed by atoms with Gasteiger partial charge in [-0.3, -0.25) is 0 Å². The molecule has 0 atom stereocenters. The van der Waals surface area contributed by atoms with Crippen molar-refractivity contribution in [1.82, 2.24) is 0 Å². The zero-order valence-electron chi connectivity index (χ0n) is 5.48. The molecule has 0 bridgehead atoms. The Balaban J connectivity index is 0.000000461. The summed E-state index contributed by atoms with van der Waals surface area (Å²) in [7, 11) is 0. The Bertz CT molecular complexity index is 220. The number of hydrogen-bond donors (Lipinski definition) is 0. The fourth-order valence-corrected chi connectivity index (χ4v) is 1.14. The fraction of sp³-hybridized carbons (Fsp3) is 0. The van der Waals surface area contributed by atoms with Gasteiger partial charge < -0.3 is 4.79 Å². The smallest absolute Gasteiger partial charge is 0.106 e. The first-order chi connectivity index (χ1) is 5.22. The van der Waals surface area contributed by atoms with Gasteiger partial charge in [-0.2, -0.15) is 0 Å². The van der Waals surface area contributed by atoms with Crippen LogP contribution >= 0.6 is 39.1 Å². The van der Waals surface area contributed by atoms with Crippen LogP contribution in [-0.2, 0) is 4.79 Å². The quantitative estimate of drug-likeness (QED) is 0.648. The molecule has 0 aliphatic heterocycles. The molecule has 0 spiro atoms. The van der Waals surface area contributed by atoms with Gasteiger partial charge in [-0.1, -0.05) is 29.3 Å². The van der Waals surface area contributed by atoms with E-state index in [2.05, 4.69) is 15.9 Å². The van der Waals surface area contributed by atoms with Gasteiger partial charge in [0.15, 0.2) is 0 Å². The fourth-order valence-electron chi connectivity index (χ4n) is 0.477. The van der Waals surface area contributed by atoms with E-state index in [0.717, 1.165) is 4.47 Å². The van der Waals surface area contributed by atoms with Crippen LogP contribution in [0.5, 0.6) is 0 Å². The Labute approximate surface area is 83.4 Å². The molecule has 11 heavy (non-hydrogen) atoms. The summed E-state index contributed by atoms with van der Waals surface area (Å²) in [5, 5.41) is 1.28. The Kier molecular flexibility index (Phi) is 5.56. The van der Waals surface area contributed by atoms with Crippen molar-refractivity contribution in [3.63, 3.8) is 0 Å². The van der Waals surface area contributed by atoms with Crippen molar-refractivity contribution in [3.05, 3.63) is 32.7 Å². The average Bonchev–Trinajstić information content (AvgIpc) is 2.04. The maximum Gasteiger partial charge on any atom is 0.106 e. The summed E-state index contributed by atoms with van der Waals surface area (Å²) in [5.41, 5.74) is 0. The summed E-state index contributed by atoms with van der Waals surface area (Å²) in [6, 6.07) is 5.35. The third-order valence-electron chi connectivity index (χ3n) is 0.904. The van der Waals surface area contributed by atoms with E-state index in [1.165, 1.54) is 0 Å². The summed E-state index contributed by atoms with van der Waals surface area (Å²) in [6.07, 6.45) is 0. The molecule has 0 heterocycles. The summed E-state index contributed by atoms with van der Waals surface area (Å²) in [4.78, 5) is 8.00. The monoisotopic (exact) mass is 254 g/mol. The minimum absolute atomic E-state index is 0.641. The molecule has 0 aliphatic carbocycles. The summed E-state index contributed by atoms with van der Waals surface area (Å²) < 4.78 is 0.758. The predicted octanol–water partition coefficient (Wildman–Crippen LogP) is 3.57. The van der Waals surface area contributed by atoms with E-state index in [1.54, 1.807) is 18.2 Å². The van der Waals surface area contributed by atoms with Gasteiger partial charge in [-0.05, 0) is 28.1 Å². The molecule has 1 aromatic rings. The Morgan fingerprint density at radius 1 is 1.18 bits per heavy atom. The maximum absolute atomic E-state index is 8.00. The molecule has 0 N–H and O–H groups in total. The van der Waals surface area contributed by atoms with E-state index in [0.29, 0.717) is 10.0 Å². The van der Waals surface area contributed by atoms with Crippen LogP contribution in [0.15, 0.2) is 22.7 Å². The van der Waals surface area contributed by atoms with Gasteiger partial charge in [0.1, 0.15) is 6.79 Å². The first kappa shape index (κ1) is 11.0. The highest BCUT2D eigenvalue weighted by molar-refractivity contribution is 9.10. The topological polar surface area (TPSA) is 17.1 Å². The van der Waals surface area contributed by atoms with Crippen LogP contribution in [0.25, 0.3) is 0 Å². The van der Waals surface area contributed by atoms with Crippen LogP contribution in [0.1, 0.15) is 0 Å². The van der Waals surface area contributed by atoms with Gasteiger partial charge in [0, 0.05) is 0 Å². The lowest BCUT2D eigenvalue weighted by Gasteiger charge is -1.94. The summed E-state index contributed by atoms with van der Waals surface area (Å²) in [6.45, 7) is 2.00. The second kappa shape index (κ2) is 5.58. The Morgan fingerprint density at radius 2 is 1.55 bits per heavy atom. The molecule has 1 aromatic carbocycles. The molecule has 60 valence electrons. The van der Waals surface area contributed by atoms with Crippen LogP contribution in [0.4, 0.5) is 0 Å². The predicted molar refractivity (Wildman–Crippen MR) is 51.3 cm³/mol. The third-order valence-corrected chi connectivity index (χ3v) is 2.85. The lowest BCUT2D eigenvalue weighted by molar-refractivity contribution is -0.0979. The maximum atomic E-state index is 8.00. The van der Waals surface area contributed by atoms with Crippen molar-refractivity contribution in [2.45, 2.75) is 0 Å². The highest BCUT2D eigenvalue weighted by Crippen LogP contribution is 2.29. The molecular weight excluding hydrogens is 251 g/mol. The third kappa shape index (κ3) is 3.23. The molecule has 1 rings (SSSR count). The van der Waals surface area contributed by atoms with Crippen LogP contribution in [0.2, 0.25) is 10.0 Å². The van der Waals surface area contributed by atoms with Gasteiger partial charge in [-0.25, -0.2) is 0 Å². The molecule has 0 radical (unpaired) electrons. The van der Waals surface area contributed by atoms with Crippen molar-refractivity contribution in [3.8, 4) is 0 Å². The molecule has 0 saturated carbocycles. The normalized spacial score (nSPS) is 8.27. The molecule has 0 fully saturated rings. The average molecular weight is 256 g/mol. The molecule has 0 amide bonds. The SMILES string of the molecule is C=O.Clc1cccc(Cl)c1Br. The van der Waals surface area contributed by atoms with Crippen LogP contribution in [-0.4, -0.2) is 6.79 Å². The van der Waals surface area contributed by atoms with Gasteiger partial charge in [0.05, 0.1) is 14.5 Å².